The number of hydrogen-bond donors (Lipinski definition) is 1. The van der Waals surface area contributed by atoms with Crippen LogP contribution in [0.4, 0.5) is 5.69 Å². The molecule has 166 valence electrons. The van der Waals surface area contributed by atoms with Gasteiger partial charge in [-0.05, 0) is 67.9 Å². The molecule has 6 nitrogen and oxygen atoms in total. The zero-order valence-corrected chi connectivity index (χ0v) is 21.4. The lowest BCUT2D eigenvalue weighted by Gasteiger charge is -2.24. The molecular weight excluding hydrogens is 558 g/mol. The first-order valence-corrected chi connectivity index (χ1v) is 12.6. The third-order valence-corrected chi connectivity index (χ3v) is 7.41. The van der Waals surface area contributed by atoms with Gasteiger partial charge in [-0.1, -0.05) is 61.7 Å². The second-order valence-electron chi connectivity index (χ2n) is 7.04. The molecular formula is C23H21Br2N3O3S. The van der Waals surface area contributed by atoms with Gasteiger partial charge in [-0.3, -0.25) is 9.10 Å². The number of rotatable bonds is 7. The molecule has 9 heteroatoms. The van der Waals surface area contributed by atoms with Crippen molar-refractivity contribution in [3.8, 4) is 0 Å². The molecule has 0 spiro atoms. The Labute approximate surface area is 204 Å². The van der Waals surface area contributed by atoms with Crippen molar-refractivity contribution in [2.75, 3.05) is 10.8 Å². The van der Waals surface area contributed by atoms with E-state index in [0.29, 0.717) is 11.4 Å². The summed E-state index contributed by atoms with van der Waals surface area (Å²) in [6.45, 7) is 3.21. The third-order valence-electron chi connectivity index (χ3n) is 4.60. The fraction of sp³-hybridized carbons (Fsp3) is 0.130. The van der Waals surface area contributed by atoms with E-state index in [0.717, 1.165) is 24.4 Å². The first-order chi connectivity index (χ1) is 15.2. The minimum atomic E-state index is -3.97. The largest absolute Gasteiger partial charge is 0.271 e. The maximum Gasteiger partial charge on any atom is 0.264 e. The van der Waals surface area contributed by atoms with Crippen molar-refractivity contribution in [1.29, 1.82) is 0 Å². The number of benzene rings is 3. The number of halogens is 2. The van der Waals surface area contributed by atoms with Crippen LogP contribution in [0, 0.1) is 6.92 Å². The predicted molar refractivity (Wildman–Crippen MR) is 134 cm³/mol. The van der Waals surface area contributed by atoms with Crippen LogP contribution in [-0.2, 0) is 14.8 Å². The molecule has 0 aromatic heterocycles. The monoisotopic (exact) mass is 577 g/mol. The van der Waals surface area contributed by atoms with E-state index in [1.165, 1.54) is 12.1 Å². The number of carbonyl (C=O) groups is 1. The molecule has 0 fully saturated rings. The lowest BCUT2D eigenvalue weighted by Crippen LogP contribution is -2.39. The smallest absolute Gasteiger partial charge is 0.264 e. The van der Waals surface area contributed by atoms with Gasteiger partial charge in [0.25, 0.3) is 15.9 Å². The van der Waals surface area contributed by atoms with Gasteiger partial charge in [0.05, 0.1) is 16.3 Å². The summed E-state index contributed by atoms with van der Waals surface area (Å²) in [7, 11) is -3.97. The molecule has 1 N–H and O–H groups in total. The second kappa shape index (κ2) is 10.4. The molecule has 0 unspecified atom stereocenters. The van der Waals surface area contributed by atoms with Crippen LogP contribution in [-0.4, -0.2) is 26.6 Å². The Bertz CT molecular complexity index is 1240. The van der Waals surface area contributed by atoms with Gasteiger partial charge >= 0.3 is 0 Å². The molecule has 0 heterocycles. The summed E-state index contributed by atoms with van der Waals surface area (Å²) in [5, 5.41) is 4.13. The van der Waals surface area contributed by atoms with Crippen molar-refractivity contribution >= 4 is 59.2 Å². The van der Waals surface area contributed by atoms with Gasteiger partial charge in [0, 0.05) is 8.95 Å². The average Bonchev–Trinajstić information content (AvgIpc) is 2.77. The highest BCUT2D eigenvalue weighted by molar-refractivity contribution is 9.10. The number of nitrogens with one attached hydrogen (secondary N) is 1. The topological polar surface area (TPSA) is 78.8 Å². The number of nitrogens with zero attached hydrogens (tertiary/aromatic N) is 2. The molecule has 0 radical (unpaired) electrons. The lowest BCUT2D eigenvalue weighted by atomic mass is 10.1. The van der Waals surface area contributed by atoms with E-state index in [1.54, 1.807) is 43.3 Å². The van der Waals surface area contributed by atoms with E-state index >= 15 is 0 Å². The van der Waals surface area contributed by atoms with Crippen molar-refractivity contribution in [3.63, 3.8) is 0 Å². The zero-order valence-electron chi connectivity index (χ0n) is 17.4. The van der Waals surface area contributed by atoms with Gasteiger partial charge in [-0.15, -0.1) is 0 Å². The van der Waals surface area contributed by atoms with Crippen molar-refractivity contribution in [3.05, 3.63) is 92.9 Å². The van der Waals surface area contributed by atoms with E-state index in [9.17, 15) is 13.2 Å². The Morgan fingerprint density at radius 1 is 0.969 bits per heavy atom. The molecule has 0 aliphatic rings. The Kier molecular flexibility index (Phi) is 7.86. The van der Waals surface area contributed by atoms with Crippen molar-refractivity contribution in [1.82, 2.24) is 5.43 Å². The van der Waals surface area contributed by atoms with Crippen LogP contribution in [0.5, 0.6) is 0 Å². The Balaban J connectivity index is 1.87. The second-order valence-corrected chi connectivity index (χ2v) is 10.7. The molecule has 3 aromatic carbocycles. The van der Waals surface area contributed by atoms with E-state index in [4.69, 9.17) is 0 Å². The quantitative estimate of drug-likeness (QED) is 0.307. The molecule has 0 aliphatic heterocycles. The number of hydrazone groups is 1. The number of hydrogen-bond acceptors (Lipinski definition) is 4. The molecule has 3 rings (SSSR count). The highest BCUT2D eigenvalue weighted by Crippen LogP contribution is 2.25. The van der Waals surface area contributed by atoms with Crippen LogP contribution >= 0.6 is 31.9 Å². The van der Waals surface area contributed by atoms with Gasteiger partial charge in [0.1, 0.15) is 6.54 Å². The molecule has 32 heavy (non-hydrogen) atoms. The van der Waals surface area contributed by atoms with Gasteiger partial charge in [-0.2, -0.15) is 5.10 Å². The summed E-state index contributed by atoms with van der Waals surface area (Å²) < 4.78 is 29.5. The SMILES string of the molecule is C/C(=N/NC(=O)CN(c1ccc(Br)cc1)S(=O)(=O)c1ccc(C)cc1)c1cccc(Br)c1. The number of aryl methyl sites for hydroxylation is 1. The molecule has 0 saturated carbocycles. The van der Waals surface area contributed by atoms with E-state index in [1.807, 2.05) is 31.2 Å². The number of anilines is 1. The number of amides is 1. The fourth-order valence-electron chi connectivity index (χ4n) is 2.85. The highest BCUT2D eigenvalue weighted by Gasteiger charge is 2.27. The van der Waals surface area contributed by atoms with Crippen LogP contribution in [0.3, 0.4) is 0 Å². The van der Waals surface area contributed by atoms with Gasteiger partial charge in [-0.25, -0.2) is 13.8 Å². The summed E-state index contributed by atoms with van der Waals surface area (Å²) in [6.07, 6.45) is 0. The van der Waals surface area contributed by atoms with Crippen LogP contribution in [0.25, 0.3) is 0 Å². The van der Waals surface area contributed by atoms with Crippen molar-refractivity contribution in [2.24, 2.45) is 5.10 Å². The summed E-state index contributed by atoms with van der Waals surface area (Å²) in [5.74, 6) is -0.557. The average molecular weight is 579 g/mol. The normalized spacial score (nSPS) is 11.8. The molecule has 1 amide bonds. The van der Waals surface area contributed by atoms with Crippen LogP contribution in [0.1, 0.15) is 18.1 Å². The number of carbonyl (C=O) groups excluding carboxylic acids is 1. The molecule has 0 bridgehead atoms. The van der Waals surface area contributed by atoms with E-state index in [-0.39, 0.29) is 4.90 Å². The Morgan fingerprint density at radius 3 is 2.25 bits per heavy atom. The summed E-state index contributed by atoms with van der Waals surface area (Å²) >= 11 is 6.75. The Morgan fingerprint density at radius 2 is 1.62 bits per heavy atom. The standard InChI is InChI=1S/C23H21Br2N3O3S/c1-16-6-12-22(13-7-16)32(30,31)28(21-10-8-19(24)9-11-21)15-23(29)27-26-17(2)18-4-3-5-20(25)14-18/h3-14H,15H2,1-2H3,(H,27,29)/b26-17-. The highest BCUT2D eigenvalue weighted by atomic mass is 79.9. The summed E-state index contributed by atoms with van der Waals surface area (Å²) in [6, 6.07) is 20.7. The fourth-order valence-corrected chi connectivity index (χ4v) is 4.93. The van der Waals surface area contributed by atoms with Gasteiger partial charge in [0.15, 0.2) is 0 Å². The maximum atomic E-state index is 13.4. The molecule has 0 atom stereocenters. The zero-order chi connectivity index (χ0) is 23.3. The maximum absolute atomic E-state index is 13.4. The first kappa shape index (κ1) is 24.2. The van der Waals surface area contributed by atoms with Gasteiger partial charge < -0.3 is 0 Å². The molecule has 0 aliphatic carbocycles. The minimum absolute atomic E-state index is 0.104. The predicted octanol–water partition coefficient (Wildman–Crippen LogP) is 5.26. The van der Waals surface area contributed by atoms with Crippen LogP contribution in [0.15, 0.2) is 91.7 Å². The van der Waals surface area contributed by atoms with E-state index < -0.39 is 22.5 Å². The first-order valence-electron chi connectivity index (χ1n) is 9.61. The third kappa shape index (κ3) is 6.05. The minimum Gasteiger partial charge on any atom is -0.271 e. The Hall–Kier alpha value is -2.49. The summed E-state index contributed by atoms with van der Waals surface area (Å²) in [5.41, 5.74) is 5.20. The van der Waals surface area contributed by atoms with Crippen molar-refractivity contribution in [2.45, 2.75) is 18.7 Å². The van der Waals surface area contributed by atoms with Crippen LogP contribution < -0.4 is 9.73 Å². The van der Waals surface area contributed by atoms with E-state index in [2.05, 4.69) is 42.4 Å². The number of sulfonamides is 1. The van der Waals surface area contributed by atoms with Crippen molar-refractivity contribution < 1.29 is 13.2 Å². The van der Waals surface area contributed by atoms with Crippen LogP contribution in [0.2, 0.25) is 0 Å². The molecule has 3 aromatic rings. The van der Waals surface area contributed by atoms with Gasteiger partial charge in [0.2, 0.25) is 0 Å². The molecule has 0 saturated heterocycles. The lowest BCUT2D eigenvalue weighted by molar-refractivity contribution is -0.119. The summed E-state index contributed by atoms with van der Waals surface area (Å²) in [4.78, 5) is 12.8.